The first kappa shape index (κ1) is 19.2. The Morgan fingerprint density at radius 1 is 1.03 bits per heavy atom. The minimum atomic E-state index is -0.396. The molecular weight excluding hydrogens is 380 g/mol. The van der Waals surface area contributed by atoms with Gasteiger partial charge in [-0.15, -0.1) is 0 Å². The van der Waals surface area contributed by atoms with Crippen molar-refractivity contribution in [2.45, 2.75) is 0 Å². The lowest BCUT2D eigenvalue weighted by atomic mass is 10.0. The molecule has 0 aliphatic carbocycles. The van der Waals surface area contributed by atoms with Crippen LogP contribution in [-0.2, 0) is 0 Å². The number of methoxy groups -OCH3 is 2. The molecule has 2 N–H and O–H groups in total. The highest BCUT2D eigenvalue weighted by molar-refractivity contribution is 5.98. The van der Waals surface area contributed by atoms with Crippen LogP contribution in [0.2, 0.25) is 0 Å². The Balaban J connectivity index is 1.52. The second kappa shape index (κ2) is 8.48. The van der Waals surface area contributed by atoms with Crippen molar-refractivity contribution in [3.05, 3.63) is 78.0 Å². The first-order valence-electron chi connectivity index (χ1n) is 9.28. The molecule has 0 fully saturated rings. The predicted octanol–water partition coefficient (Wildman–Crippen LogP) is 4.01. The van der Waals surface area contributed by atoms with Gasteiger partial charge in [0, 0.05) is 11.1 Å². The van der Waals surface area contributed by atoms with E-state index >= 15 is 0 Å². The van der Waals surface area contributed by atoms with Gasteiger partial charge >= 0.3 is 0 Å². The summed E-state index contributed by atoms with van der Waals surface area (Å²) in [6, 6.07) is 21.1. The minimum Gasteiger partial charge on any atom is -0.497 e. The number of aromatic nitrogens is 2. The maximum Gasteiger partial charge on any atom is 0.289 e. The molecule has 0 radical (unpaired) electrons. The number of aromatic amines is 1. The number of hydrogen-bond acceptors (Lipinski definition) is 5. The van der Waals surface area contributed by atoms with Crippen molar-refractivity contribution in [1.82, 2.24) is 15.6 Å². The fourth-order valence-electron chi connectivity index (χ4n) is 3.19. The standard InChI is InChI=1S/C23H20N4O3/c1-29-17-10-11-22(30-2)16(12-17)14-24-27-23(28)21-13-20(25-26-21)19-9-5-7-15-6-3-4-8-18(15)19/h3-14H,1-2H3,(H,25,26)(H,27,28)/b24-14-. The first-order chi connectivity index (χ1) is 14.7. The summed E-state index contributed by atoms with van der Waals surface area (Å²) in [5.41, 5.74) is 5.13. The van der Waals surface area contributed by atoms with Gasteiger partial charge in [-0.3, -0.25) is 9.89 Å². The monoisotopic (exact) mass is 400 g/mol. The Labute approximate surface area is 173 Å². The first-order valence-corrected chi connectivity index (χ1v) is 9.28. The fraction of sp³-hybridized carbons (Fsp3) is 0.0870. The summed E-state index contributed by atoms with van der Waals surface area (Å²) in [7, 11) is 3.15. The maximum atomic E-state index is 12.5. The SMILES string of the molecule is COc1ccc(OC)c(/C=N\NC(=O)c2cc(-c3cccc4ccccc34)n[nH]2)c1. The number of hydrogen-bond donors (Lipinski definition) is 2. The summed E-state index contributed by atoms with van der Waals surface area (Å²) in [5.74, 6) is 0.887. The number of hydrazone groups is 1. The lowest BCUT2D eigenvalue weighted by Gasteiger charge is -2.06. The minimum absolute atomic E-state index is 0.313. The summed E-state index contributed by atoms with van der Waals surface area (Å²) in [6.45, 7) is 0. The van der Waals surface area contributed by atoms with Gasteiger partial charge in [-0.05, 0) is 35.0 Å². The van der Waals surface area contributed by atoms with E-state index in [-0.39, 0.29) is 0 Å². The van der Waals surface area contributed by atoms with Crippen LogP contribution in [0.4, 0.5) is 0 Å². The van der Waals surface area contributed by atoms with Crippen molar-refractivity contribution >= 4 is 22.9 Å². The number of nitrogens with one attached hydrogen (secondary N) is 2. The van der Waals surface area contributed by atoms with E-state index in [4.69, 9.17) is 9.47 Å². The Morgan fingerprint density at radius 3 is 2.70 bits per heavy atom. The zero-order valence-electron chi connectivity index (χ0n) is 16.5. The van der Waals surface area contributed by atoms with E-state index in [9.17, 15) is 4.79 Å². The van der Waals surface area contributed by atoms with Gasteiger partial charge in [0.25, 0.3) is 5.91 Å². The molecule has 0 atom stereocenters. The molecule has 0 spiro atoms. The molecular formula is C23H20N4O3. The number of amides is 1. The predicted molar refractivity (Wildman–Crippen MR) is 116 cm³/mol. The third-order valence-electron chi connectivity index (χ3n) is 4.69. The molecule has 4 aromatic rings. The summed E-state index contributed by atoms with van der Waals surface area (Å²) < 4.78 is 10.5. The fourth-order valence-corrected chi connectivity index (χ4v) is 3.19. The molecule has 150 valence electrons. The molecule has 0 bridgehead atoms. The van der Waals surface area contributed by atoms with Crippen molar-refractivity contribution in [3.8, 4) is 22.8 Å². The third-order valence-corrected chi connectivity index (χ3v) is 4.69. The van der Waals surface area contributed by atoms with Crippen molar-refractivity contribution in [2.24, 2.45) is 5.10 Å². The molecule has 30 heavy (non-hydrogen) atoms. The lowest BCUT2D eigenvalue weighted by molar-refractivity contribution is 0.0950. The number of ether oxygens (including phenoxy) is 2. The van der Waals surface area contributed by atoms with Crippen LogP contribution in [0.3, 0.4) is 0 Å². The van der Waals surface area contributed by atoms with Gasteiger partial charge in [0.05, 0.1) is 26.1 Å². The lowest BCUT2D eigenvalue weighted by Crippen LogP contribution is -2.18. The summed E-state index contributed by atoms with van der Waals surface area (Å²) in [5, 5.41) is 13.3. The zero-order valence-corrected chi connectivity index (χ0v) is 16.5. The van der Waals surface area contributed by atoms with Crippen LogP contribution in [0, 0.1) is 0 Å². The smallest absolute Gasteiger partial charge is 0.289 e. The molecule has 7 nitrogen and oxygen atoms in total. The average Bonchev–Trinajstić information content (AvgIpc) is 3.28. The molecule has 4 rings (SSSR count). The Hall–Kier alpha value is -4.13. The topological polar surface area (TPSA) is 88.6 Å². The molecule has 1 amide bonds. The van der Waals surface area contributed by atoms with Gasteiger partial charge in [-0.25, -0.2) is 5.43 Å². The van der Waals surface area contributed by atoms with Gasteiger partial charge in [-0.1, -0.05) is 42.5 Å². The maximum absolute atomic E-state index is 12.5. The highest BCUT2D eigenvalue weighted by Crippen LogP contribution is 2.27. The Kier molecular flexibility index (Phi) is 5.43. The van der Waals surface area contributed by atoms with E-state index in [1.807, 2.05) is 42.5 Å². The van der Waals surface area contributed by atoms with Gasteiger partial charge < -0.3 is 9.47 Å². The molecule has 0 aliphatic rings. The molecule has 1 heterocycles. The van der Waals surface area contributed by atoms with Crippen LogP contribution < -0.4 is 14.9 Å². The zero-order chi connectivity index (χ0) is 20.9. The molecule has 0 saturated heterocycles. The average molecular weight is 400 g/mol. The largest absolute Gasteiger partial charge is 0.497 e. The van der Waals surface area contributed by atoms with Gasteiger partial charge in [0.1, 0.15) is 17.2 Å². The Morgan fingerprint density at radius 2 is 1.87 bits per heavy atom. The second-order valence-electron chi connectivity index (χ2n) is 6.50. The molecule has 3 aromatic carbocycles. The van der Waals surface area contributed by atoms with E-state index in [0.29, 0.717) is 28.5 Å². The van der Waals surface area contributed by atoms with Crippen LogP contribution in [0.5, 0.6) is 11.5 Å². The summed E-state index contributed by atoms with van der Waals surface area (Å²) in [6.07, 6.45) is 1.50. The van der Waals surface area contributed by atoms with E-state index < -0.39 is 5.91 Å². The highest BCUT2D eigenvalue weighted by Gasteiger charge is 2.12. The third kappa shape index (κ3) is 3.86. The van der Waals surface area contributed by atoms with Crippen LogP contribution in [-0.4, -0.2) is 36.5 Å². The molecule has 0 aliphatic heterocycles. The van der Waals surface area contributed by atoms with Crippen LogP contribution >= 0.6 is 0 Å². The van der Waals surface area contributed by atoms with Crippen LogP contribution in [0.15, 0.2) is 71.8 Å². The van der Waals surface area contributed by atoms with Crippen molar-refractivity contribution < 1.29 is 14.3 Å². The summed E-state index contributed by atoms with van der Waals surface area (Å²) >= 11 is 0. The number of carbonyl (C=O) groups is 1. The quantitative estimate of drug-likeness (QED) is 0.378. The van der Waals surface area contributed by atoms with Crippen molar-refractivity contribution in [3.63, 3.8) is 0 Å². The molecule has 1 aromatic heterocycles. The van der Waals surface area contributed by atoms with E-state index in [1.165, 1.54) is 6.21 Å². The van der Waals surface area contributed by atoms with Crippen LogP contribution in [0.25, 0.3) is 22.0 Å². The van der Waals surface area contributed by atoms with Crippen molar-refractivity contribution in [2.75, 3.05) is 14.2 Å². The van der Waals surface area contributed by atoms with Gasteiger partial charge in [0.15, 0.2) is 0 Å². The normalized spacial score (nSPS) is 11.0. The van der Waals surface area contributed by atoms with E-state index in [0.717, 1.165) is 16.3 Å². The number of nitrogens with zero attached hydrogens (tertiary/aromatic N) is 2. The van der Waals surface area contributed by atoms with Gasteiger partial charge in [-0.2, -0.15) is 10.2 Å². The van der Waals surface area contributed by atoms with Crippen molar-refractivity contribution in [1.29, 1.82) is 0 Å². The number of rotatable bonds is 6. The number of carbonyl (C=O) groups excluding carboxylic acids is 1. The molecule has 0 unspecified atom stereocenters. The van der Waals surface area contributed by atoms with E-state index in [1.54, 1.807) is 38.5 Å². The van der Waals surface area contributed by atoms with Crippen LogP contribution in [0.1, 0.15) is 16.1 Å². The highest BCUT2D eigenvalue weighted by atomic mass is 16.5. The number of benzene rings is 3. The second-order valence-corrected chi connectivity index (χ2v) is 6.50. The molecule has 0 saturated carbocycles. The number of H-pyrrole nitrogens is 1. The Bertz CT molecular complexity index is 1220. The van der Waals surface area contributed by atoms with E-state index in [2.05, 4.69) is 20.7 Å². The summed E-state index contributed by atoms with van der Waals surface area (Å²) in [4.78, 5) is 12.5. The van der Waals surface area contributed by atoms with Gasteiger partial charge in [0.2, 0.25) is 0 Å². The molecule has 7 heteroatoms. The number of fused-ring (bicyclic) bond motifs is 1.